The van der Waals surface area contributed by atoms with E-state index in [-0.39, 0.29) is 28.9 Å². The van der Waals surface area contributed by atoms with Gasteiger partial charge in [-0.2, -0.15) is 28.4 Å². The van der Waals surface area contributed by atoms with Gasteiger partial charge in [-0.25, -0.2) is 4.79 Å². The molecule has 42 heavy (non-hydrogen) atoms. The molecule has 222 valence electrons. The van der Waals surface area contributed by atoms with E-state index in [1.165, 1.54) is 23.5 Å². The van der Waals surface area contributed by atoms with Crippen LogP contribution in [0.15, 0.2) is 46.6 Å². The molecule has 2 aliphatic rings. The van der Waals surface area contributed by atoms with Crippen LogP contribution in [0.3, 0.4) is 0 Å². The van der Waals surface area contributed by atoms with Crippen molar-refractivity contribution >= 4 is 46.0 Å². The van der Waals surface area contributed by atoms with Crippen molar-refractivity contribution < 1.29 is 27.8 Å². The molecule has 0 bridgehead atoms. The zero-order valence-electron chi connectivity index (χ0n) is 23.1. The van der Waals surface area contributed by atoms with Crippen molar-refractivity contribution in [2.45, 2.75) is 57.9 Å². The van der Waals surface area contributed by atoms with E-state index >= 15 is 0 Å². The van der Waals surface area contributed by atoms with Crippen molar-refractivity contribution in [2.75, 3.05) is 18.0 Å². The summed E-state index contributed by atoms with van der Waals surface area (Å²) >= 11 is 7.12. The average molecular weight is 620 g/mol. The molecule has 0 spiro atoms. The van der Waals surface area contributed by atoms with Crippen LogP contribution in [0.1, 0.15) is 55.2 Å². The lowest BCUT2D eigenvalue weighted by Crippen LogP contribution is -2.49. The van der Waals surface area contributed by atoms with E-state index in [9.17, 15) is 23.1 Å². The van der Waals surface area contributed by atoms with E-state index in [0.29, 0.717) is 44.8 Å². The summed E-state index contributed by atoms with van der Waals surface area (Å²) in [4.78, 5) is 19.0. The molecule has 3 aromatic rings. The average Bonchev–Trinajstić information content (AvgIpc) is 3.52. The second-order valence-corrected chi connectivity index (χ2v) is 12.6. The summed E-state index contributed by atoms with van der Waals surface area (Å²) < 4.78 is 47.4. The van der Waals surface area contributed by atoms with Gasteiger partial charge in [0.2, 0.25) is 5.88 Å². The quantitative estimate of drug-likeness (QED) is 0.397. The van der Waals surface area contributed by atoms with Crippen molar-refractivity contribution in [1.29, 1.82) is 0 Å². The predicted molar refractivity (Wildman–Crippen MR) is 156 cm³/mol. The maximum absolute atomic E-state index is 14.0. The molecular formula is C29H29ClF3N5O3S. The standard InChI is InChI=1S/C29H29ClF3N5O3S/c1-28(2,3)41-27(40)35-20-5-4-10-38(15-20)26-36-25(39)24(42-26)21(16-7-9-23-18(11-16)14-34-37-23)12-17-6-8-19(30)13-22(17)29(31,32)33/h6-9,11,13-14,20,39H,4-5,10,12,15H2,1-3H3,(H,35,40). The molecule has 1 amide bonds. The van der Waals surface area contributed by atoms with Gasteiger partial charge in [0.25, 0.3) is 0 Å². The first-order valence-electron chi connectivity index (χ1n) is 13.3. The molecule has 3 heterocycles. The Kier molecular flexibility index (Phi) is 8.21. The number of aromatic nitrogens is 1. The number of fused-ring (bicyclic) bond motifs is 1. The first-order chi connectivity index (χ1) is 19.8. The van der Waals surface area contributed by atoms with Crippen molar-refractivity contribution in [2.24, 2.45) is 10.2 Å². The summed E-state index contributed by atoms with van der Waals surface area (Å²) in [5, 5.41) is 23.6. The highest BCUT2D eigenvalue weighted by molar-refractivity contribution is 7.17. The summed E-state index contributed by atoms with van der Waals surface area (Å²) in [7, 11) is 0. The molecule has 13 heteroatoms. The van der Waals surface area contributed by atoms with Gasteiger partial charge in [0.05, 0.1) is 22.0 Å². The monoisotopic (exact) mass is 619 g/mol. The molecule has 1 aromatic heterocycles. The topological polar surface area (TPSA) is 99.4 Å². The van der Waals surface area contributed by atoms with E-state index in [0.717, 1.165) is 18.9 Å². The van der Waals surface area contributed by atoms with Crippen LogP contribution in [0.5, 0.6) is 5.88 Å². The Bertz CT molecular complexity index is 1670. The summed E-state index contributed by atoms with van der Waals surface area (Å²) in [5.74, 6) is -0.284. The number of ether oxygens (including phenoxy) is 1. The summed E-state index contributed by atoms with van der Waals surface area (Å²) in [6.45, 7) is 6.45. The predicted octanol–water partition coefficient (Wildman–Crippen LogP) is 5.42. The Hall–Kier alpha value is -3.64. The maximum atomic E-state index is 14.0. The zero-order chi connectivity index (χ0) is 30.2. The molecule has 2 aromatic carbocycles. The maximum Gasteiger partial charge on any atom is 0.416 e. The highest BCUT2D eigenvalue weighted by atomic mass is 35.5. The summed E-state index contributed by atoms with van der Waals surface area (Å²) in [5.41, 5.74) is -0.286. The normalized spacial score (nSPS) is 17.5. The molecule has 8 nitrogen and oxygen atoms in total. The minimum atomic E-state index is -4.63. The smallest absolute Gasteiger partial charge is 0.416 e. The number of nitrogens with one attached hydrogen (secondary N) is 1. The highest BCUT2D eigenvalue weighted by Gasteiger charge is 2.34. The fourth-order valence-electron chi connectivity index (χ4n) is 4.94. The molecule has 0 aliphatic carbocycles. The highest BCUT2D eigenvalue weighted by Crippen LogP contribution is 2.40. The second-order valence-electron chi connectivity index (χ2n) is 11.2. The van der Waals surface area contributed by atoms with Gasteiger partial charge < -0.3 is 20.1 Å². The Morgan fingerprint density at radius 1 is 1.21 bits per heavy atom. The van der Waals surface area contributed by atoms with Gasteiger partial charge in [0.15, 0.2) is 5.13 Å². The van der Waals surface area contributed by atoms with Gasteiger partial charge in [0.1, 0.15) is 5.60 Å². The zero-order valence-corrected chi connectivity index (χ0v) is 24.7. The number of hydrogen-bond acceptors (Lipinski definition) is 8. The number of halogens is 4. The first kappa shape index (κ1) is 29.8. The van der Waals surface area contributed by atoms with Crippen LogP contribution in [0.4, 0.5) is 23.1 Å². The minimum Gasteiger partial charge on any atom is -0.492 e. The molecule has 1 fully saturated rings. The molecule has 2 N–H and O–H groups in total. The largest absolute Gasteiger partial charge is 0.492 e. The number of benzene rings is 2. The number of piperidine rings is 1. The molecule has 0 saturated carbocycles. The van der Waals surface area contributed by atoms with Crippen LogP contribution >= 0.6 is 22.9 Å². The molecule has 1 unspecified atom stereocenters. The first-order valence-corrected chi connectivity index (χ1v) is 14.5. The van der Waals surface area contributed by atoms with Crippen molar-refractivity contribution in [3.63, 3.8) is 0 Å². The van der Waals surface area contributed by atoms with Crippen molar-refractivity contribution in [3.05, 3.63) is 73.6 Å². The van der Waals surface area contributed by atoms with Gasteiger partial charge >= 0.3 is 12.3 Å². The lowest BCUT2D eigenvalue weighted by Gasteiger charge is -2.33. The fraction of sp³-hybridized carbons (Fsp3) is 0.379. The third-order valence-corrected chi connectivity index (χ3v) is 8.17. The number of aromatic hydroxyl groups is 1. The molecule has 2 aliphatic heterocycles. The van der Waals surface area contributed by atoms with Crippen LogP contribution < -0.4 is 20.8 Å². The van der Waals surface area contributed by atoms with Crippen molar-refractivity contribution in [1.82, 2.24) is 10.3 Å². The number of rotatable bonds is 5. The third kappa shape index (κ3) is 6.87. The SMILES string of the molecule is CC(C)(C)OC(=O)NC1CCCN(c2nc(O)c(C(Cc3ccc(Cl)cc3C(F)(F)F)=c3ccc4c(c3)C=NN=4)s2)C1. The minimum absolute atomic E-state index is 0.00898. The molecular weight excluding hydrogens is 591 g/mol. The van der Waals surface area contributed by atoms with Crippen LogP contribution in [-0.4, -0.2) is 47.1 Å². The number of carbonyl (C=O) groups is 1. The lowest BCUT2D eigenvalue weighted by molar-refractivity contribution is -0.138. The van der Waals surface area contributed by atoms with E-state index < -0.39 is 23.4 Å². The molecule has 0 radical (unpaired) electrons. The summed E-state index contributed by atoms with van der Waals surface area (Å²) in [6.07, 6.45) is -2.20. The van der Waals surface area contributed by atoms with E-state index in [2.05, 4.69) is 20.5 Å². The van der Waals surface area contributed by atoms with Gasteiger partial charge in [-0.05, 0) is 74.2 Å². The Balaban J connectivity index is 1.51. The van der Waals surface area contributed by atoms with Gasteiger partial charge in [0, 0.05) is 36.1 Å². The number of hydrogen-bond donors (Lipinski definition) is 2. The van der Waals surface area contributed by atoms with E-state index in [1.54, 1.807) is 45.2 Å². The molecule has 1 atom stereocenters. The third-order valence-electron chi connectivity index (χ3n) is 6.77. The van der Waals surface area contributed by atoms with Gasteiger partial charge in [-0.1, -0.05) is 35.1 Å². The number of thiazole rings is 1. The number of amides is 1. The number of carbonyl (C=O) groups excluding carboxylic acids is 1. The Labute approximate surface area is 249 Å². The lowest BCUT2D eigenvalue weighted by atomic mass is 9.96. The van der Waals surface area contributed by atoms with Crippen LogP contribution in [0.25, 0.3) is 5.57 Å². The molecule has 1 saturated heterocycles. The van der Waals surface area contributed by atoms with Crippen LogP contribution in [0, 0.1) is 0 Å². The van der Waals surface area contributed by atoms with Gasteiger partial charge in [-0.15, -0.1) is 0 Å². The molecule has 5 rings (SSSR count). The van der Waals surface area contributed by atoms with Crippen molar-refractivity contribution in [3.8, 4) is 5.88 Å². The van der Waals surface area contributed by atoms with E-state index in [4.69, 9.17) is 16.3 Å². The Morgan fingerprint density at radius 2 is 2.00 bits per heavy atom. The number of alkyl carbamates (subject to hydrolysis) is 1. The van der Waals surface area contributed by atoms with Gasteiger partial charge in [-0.3, -0.25) is 0 Å². The van der Waals surface area contributed by atoms with E-state index in [1.807, 2.05) is 4.90 Å². The van der Waals surface area contributed by atoms with Crippen LogP contribution in [-0.2, 0) is 17.3 Å². The number of nitrogens with zero attached hydrogens (tertiary/aromatic N) is 4. The number of alkyl halides is 3. The Morgan fingerprint density at radius 3 is 2.74 bits per heavy atom. The summed E-state index contributed by atoms with van der Waals surface area (Å²) in [6, 6.07) is 8.75. The second kappa shape index (κ2) is 11.6. The fourth-order valence-corrected chi connectivity index (χ4v) is 6.17. The number of anilines is 1. The van der Waals surface area contributed by atoms with Crippen LogP contribution in [0.2, 0.25) is 5.02 Å².